The number of para-hydroxylation sites is 1. The summed E-state index contributed by atoms with van der Waals surface area (Å²) in [6.07, 6.45) is 7.69. The molecular formula is C21H25N5O2. The number of imidazole rings is 1. The molecule has 0 saturated carbocycles. The summed E-state index contributed by atoms with van der Waals surface area (Å²) in [6, 6.07) is 7.28. The number of aryl methyl sites for hydroxylation is 2. The summed E-state index contributed by atoms with van der Waals surface area (Å²) >= 11 is 0. The quantitative estimate of drug-likeness (QED) is 0.682. The molecule has 7 nitrogen and oxygen atoms in total. The summed E-state index contributed by atoms with van der Waals surface area (Å²) in [4.78, 5) is 36.1. The Hall–Kier alpha value is -2.96. The minimum atomic E-state index is -0.0973. The second kappa shape index (κ2) is 7.96. The van der Waals surface area contributed by atoms with Gasteiger partial charge in [0.2, 0.25) is 5.91 Å². The molecular weight excluding hydrogens is 354 g/mol. The number of piperidine rings is 1. The van der Waals surface area contributed by atoms with E-state index in [1.807, 2.05) is 35.5 Å². The van der Waals surface area contributed by atoms with E-state index < -0.39 is 0 Å². The van der Waals surface area contributed by atoms with Crippen molar-refractivity contribution in [3.8, 4) is 0 Å². The topological polar surface area (TPSA) is 73.0 Å². The molecule has 0 unspecified atom stereocenters. The maximum atomic E-state index is 12.8. The molecule has 1 aromatic carbocycles. The lowest BCUT2D eigenvalue weighted by Crippen LogP contribution is -2.40. The van der Waals surface area contributed by atoms with Crippen molar-refractivity contribution < 1.29 is 4.79 Å². The Labute approximate surface area is 163 Å². The highest BCUT2D eigenvalue weighted by atomic mass is 16.2. The molecule has 0 N–H and O–H groups in total. The van der Waals surface area contributed by atoms with Crippen LogP contribution in [0.3, 0.4) is 0 Å². The lowest BCUT2D eigenvalue weighted by Gasteiger charge is -2.32. The van der Waals surface area contributed by atoms with Crippen molar-refractivity contribution in [1.82, 2.24) is 24.0 Å². The van der Waals surface area contributed by atoms with Crippen LogP contribution in [0, 0.1) is 0 Å². The zero-order valence-electron chi connectivity index (χ0n) is 16.1. The Kier molecular flexibility index (Phi) is 5.23. The Morgan fingerprint density at radius 1 is 1.21 bits per heavy atom. The number of fused-ring (bicyclic) bond motifs is 1. The average Bonchev–Trinajstić information content (AvgIpc) is 3.22. The van der Waals surface area contributed by atoms with Gasteiger partial charge in [-0.15, -0.1) is 0 Å². The van der Waals surface area contributed by atoms with Crippen molar-refractivity contribution in [1.29, 1.82) is 0 Å². The van der Waals surface area contributed by atoms with E-state index >= 15 is 0 Å². The average molecular weight is 379 g/mol. The standard InChI is InChI=1S/C21H25N5O2/c1-2-24-13-10-22-20(24)16-6-5-11-25(14-16)19(27)9-12-26-15-23-18-8-4-3-7-17(18)21(26)28/h3-4,7-8,10,13,15-16H,2,5-6,9,11-12,14H2,1H3/t16-/m1/s1. The van der Waals surface area contributed by atoms with Gasteiger partial charge in [0.05, 0.1) is 17.2 Å². The third-order valence-corrected chi connectivity index (χ3v) is 5.53. The number of hydrogen-bond acceptors (Lipinski definition) is 4. The highest BCUT2D eigenvalue weighted by Gasteiger charge is 2.27. The molecule has 4 rings (SSSR count). The molecule has 3 heterocycles. The number of carbonyl (C=O) groups is 1. The molecule has 1 aliphatic rings. The number of nitrogens with zero attached hydrogens (tertiary/aromatic N) is 5. The Balaban J connectivity index is 1.42. The SMILES string of the molecule is CCn1ccnc1[C@@H]1CCCN(C(=O)CCn2cnc3ccccc3c2=O)C1. The van der Waals surface area contributed by atoms with Gasteiger partial charge in [0.25, 0.3) is 5.56 Å². The van der Waals surface area contributed by atoms with E-state index in [0.717, 1.165) is 31.8 Å². The molecule has 0 aliphatic carbocycles. The van der Waals surface area contributed by atoms with Crippen molar-refractivity contribution in [3.63, 3.8) is 0 Å². The predicted octanol–water partition coefficient (Wildman–Crippen LogP) is 2.41. The van der Waals surface area contributed by atoms with Crippen LogP contribution < -0.4 is 5.56 Å². The maximum absolute atomic E-state index is 12.8. The second-order valence-electron chi connectivity index (χ2n) is 7.26. The summed E-state index contributed by atoms with van der Waals surface area (Å²) in [5, 5.41) is 0.585. The largest absolute Gasteiger partial charge is 0.342 e. The first kappa shape index (κ1) is 18.4. The molecule has 1 fully saturated rings. The summed E-state index contributed by atoms with van der Waals surface area (Å²) in [5.74, 6) is 1.42. The van der Waals surface area contributed by atoms with E-state index in [1.54, 1.807) is 6.07 Å². The molecule has 1 aliphatic heterocycles. The molecule has 3 aromatic rings. The van der Waals surface area contributed by atoms with Gasteiger partial charge < -0.3 is 9.47 Å². The van der Waals surface area contributed by atoms with E-state index in [2.05, 4.69) is 21.5 Å². The van der Waals surface area contributed by atoms with E-state index in [4.69, 9.17) is 0 Å². The van der Waals surface area contributed by atoms with Crippen LogP contribution in [0.4, 0.5) is 0 Å². The summed E-state index contributed by atoms with van der Waals surface area (Å²) in [6.45, 7) is 4.80. The van der Waals surface area contributed by atoms with Crippen molar-refractivity contribution in [3.05, 3.63) is 59.2 Å². The molecule has 0 spiro atoms. The number of aromatic nitrogens is 4. The minimum absolute atomic E-state index is 0.0827. The highest BCUT2D eigenvalue weighted by Crippen LogP contribution is 2.26. The number of likely N-dealkylation sites (tertiary alicyclic amines) is 1. The number of amides is 1. The van der Waals surface area contributed by atoms with Crippen molar-refractivity contribution in [2.45, 2.75) is 45.2 Å². The van der Waals surface area contributed by atoms with E-state index in [0.29, 0.717) is 30.4 Å². The third kappa shape index (κ3) is 3.56. The summed E-state index contributed by atoms with van der Waals surface area (Å²) in [5.41, 5.74) is 0.584. The van der Waals surface area contributed by atoms with Crippen LogP contribution in [-0.4, -0.2) is 43.0 Å². The fourth-order valence-corrected chi connectivity index (χ4v) is 4.00. The van der Waals surface area contributed by atoms with Crippen LogP contribution in [-0.2, 0) is 17.9 Å². The Morgan fingerprint density at radius 2 is 2.07 bits per heavy atom. The fourth-order valence-electron chi connectivity index (χ4n) is 4.00. The molecule has 0 radical (unpaired) electrons. The van der Waals surface area contributed by atoms with Crippen LogP contribution in [0.25, 0.3) is 10.9 Å². The molecule has 2 aromatic heterocycles. The van der Waals surface area contributed by atoms with Crippen molar-refractivity contribution in [2.75, 3.05) is 13.1 Å². The van der Waals surface area contributed by atoms with Gasteiger partial charge in [-0.2, -0.15) is 0 Å². The second-order valence-corrected chi connectivity index (χ2v) is 7.26. The summed E-state index contributed by atoms with van der Waals surface area (Å²) < 4.78 is 3.68. The van der Waals surface area contributed by atoms with Gasteiger partial charge in [-0.05, 0) is 31.9 Å². The van der Waals surface area contributed by atoms with Crippen LogP contribution in [0.2, 0.25) is 0 Å². The Morgan fingerprint density at radius 3 is 2.93 bits per heavy atom. The zero-order chi connectivity index (χ0) is 19.5. The van der Waals surface area contributed by atoms with E-state index in [-0.39, 0.29) is 17.4 Å². The molecule has 1 amide bonds. The van der Waals surface area contributed by atoms with Gasteiger partial charge in [0.15, 0.2) is 0 Å². The van der Waals surface area contributed by atoms with Crippen LogP contribution in [0.15, 0.2) is 47.8 Å². The highest BCUT2D eigenvalue weighted by molar-refractivity contribution is 5.77. The monoisotopic (exact) mass is 379 g/mol. The van der Waals surface area contributed by atoms with Crippen LogP contribution in [0.1, 0.15) is 37.9 Å². The number of rotatable bonds is 5. The van der Waals surface area contributed by atoms with Gasteiger partial charge in [-0.25, -0.2) is 9.97 Å². The smallest absolute Gasteiger partial charge is 0.261 e. The Bertz CT molecular complexity index is 1040. The number of benzene rings is 1. The molecule has 146 valence electrons. The first-order chi connectivity index (χ1) is 13.7. The number of hydrogen-bond donors (Lipinski definition) is 0. The molecule has 1 atom stereocenters. The van der Waals surface area contributed by atoms with Crippen molar-refractivity contribution >= 4 is 16.8 Å². The lowest BCUT2D eigenvalue weighted by molar-refractivity contribution is -0.132. The van der Waals surface area contributed by atoms with E-state index in [1.165, 1.54) is 10.9 Å². The van der Waals surface area contributed by atoms with Crippen molar-refractivity contribution in [2.24, 2.45) is 0 Å². The first-order valence-electron chi connectivity index (χ1n) is 9.90. The maximum Gasteiger partial charge on any atom is 0.261 e. The molecule has 1 saturated heterocycles. The lowest BCUT2D eigenvalue weighted by atomic mass is 9.97. The van der Waals surface area contributed by atoms with E-state index in [9.17, 15) is 9.59 Å². The normalized spacial score (nSPS) is 17.2. The van der Waals surface area contributed by atoms with Gasteiger partial charge in [-0.3, -0.25) is 14.2 Å². The van der Waals surface area contributed by atoms with Gasteiger partial charge in [0, 0.05) is 50.9 Å². The summed E-state index contributed by atoms with van der Waals surface area (Å²) in [7, 11) is 0. The van der Waals surface area contributed by atoms with Crippen LogP contribution in [0.5, 0.6) is 0 Å². The third-order valence-electron chi connectivity index (χ3n) is 5.53. The number of carbonyl (C=O) groups excluding carboxylic acids is 1. The molecule has 28 heavy (non-hydrogen) atoms. The fraction of sp³-hybridized carbons (Fsp3) is 0.429. The predicted molar refractivity (Wildman–Crippen MR) is 107 cm³/mol. The zero-order valence-corrected chi connectivity index (χ0v) is 16.1. The minimum Gasteiger partial charge on any atom is -0.342 e. The van der Waals surface area contributed by atoms with Gasteiger partial charge in [0.1, 0.15) is 5.82 Å². The molecule has 7 heteroatoms. The molecule has 0 bridgehead atoms. The van der Waals surface area contributed by atoms with Gasteiger partial charge >= 0.3 is 0 Å². The van der Waals surface area contributed by atoms with Crippen LogP contribution >= 0.6 is 0 Å². The van der Waals surface area contributed by atoms with Gasteiger partial charge in [-0.1, -0.05) is 12.1 Å². The first-order valence-corrected chi connectivity index (χ1v) is 9.90.